The first kappa shape index (κ1) is 16.6. The maximum Gasteiger partial charge on any atom is 0.312 e. The van der Waals surface area contributed by atoms with E-state index in [2.05, 4.69) is 4.99 Å². The number of benzene rings is 2. The molecule has 7 nitrogen and oxygen atoms in total. The average molecular weight is 337 g/mol. The molecule has 0 bridgehead atoms. The monoisotopic (exact) mass is 336 g/mol. The van der Waals surface area contributed by atoms with Crippen LogP contribution in [0.15, 0.2) is 35.3 Å². The molecule has 2 aromatic rings. The highest BCUT2D eigenvalue weighted by Crippen LogP contribution is 2.34. The Morgan fingerprint density at radius 3 is 2.52 bits per heavy atom. The minimum atomic E-state index is -0.713. The molecule has 0 aromatic heterocycles. The maximum atomic E-state index is 10.9. The number of ether oxygens (including phenoxy) is 2. The molecule has 2 aromatic carbocycles. The molecular weight excluding hydrogens is 324 g/mol. The summed E-state index contributed by atoms with van der Waals surface area (Å²) in [5.41, 5.74) is 0.176. The summed E-state index contributed by atoms with van der Waals surface area (Å²) in [6, 6.07) is 7.43. The zero-order chi connectivity index (χ0) is 17.0. The Balaban J connectivity index is 2.39. The van der Waals surface area contributed by atoms with E-state index in [4.69, 9.17) is 21.1 Å². The molecule has 0 aliphatic heterocycles. The first-order valence-electron chi connectivity index (χ1n) is 6.39. The van der Waals surface area contributed by atoms with E-state index in [9.17, 15) is 15.2 Å². The molecule has 0 aliphatic carbocycles. The lowest BCUT2D eigenvalue weighted by Crippen LogP contribution is -1.92. The van der Waals surface area contributed by atoms with Crippen LogP contribution < -0.4 is 9.47 Å². The van der Waals surface area contributed by atoms with Gasteiger partial charge in [0, 0.05) is 28.9 Å². The Labute approximate surface area is 136 Å². The molecule has 0 atom stereocenters. The Kier molecular flexibility index (Phi) is 5.02. The topological polar surface area (TPSA) is 94.2 Å². The minimum absolute atomic E-state index is 0.128. The number of hydrogen-bond donors (Lipinski definition) is 1. The number of nitrogens with zero attached hydrogens (tertiary/aromatic N) is 2. The second-order valence-corrected chi connectivity index (χ2v) is 4.85. The molecule has 120 valence electrons. The van der Waals surface area contributed by atoms with Crippen molar-refractivity contribution < 1.29 is 19.5 Å². The molecular formula is C15H13ClN2O5. The lowest BCUT2D eigenvalue weighted by molar-refractivity contribution is -0.385. The zero-order valence-corrected chi connectivity index (χ0v) is 13.1. The molecule has 23 heavy (non-hydrogen) atoms. The number of phenolic OH excluding ortho intramolecular Hbond substituents is 1. The van der Waals surface area contributed by atoms with Crippen LogP contribution in [0.4, 0.5) is 11.4 Å². The minimum Gasteiger partial charge on any atom is -0.502 e. The zero-order valence-electron chi connectivity index (χ0n) is 12.3. The van der Waals surface area contributed by atoms with Gasteiger partial charge >= 0.3 is 5.69 Å². The van der Waals surface area contributed by atoms with Crippen LogP contribution in [0.5, 0.6) is 17.2 Å². The third kappa shape index (κ3) is 3.70. The highest BCUT2D eigenvalue weighted by atomic mass is 35.5. The second kappa shape index (κ2) is 6.97. The Bertz CT molecular complexity index is 777. The van der Waals surface area contributed by atoms with Gasteiger partial charge in [0.05, 0.1) is 24.8 Å². The maximum absolute atomic E-state index is 10.9. The van der Waals surface area contributed by atoms with Crippen LogP contribution in [0, 0.1) is 10.1 Å². The fraction of sp³-hybridized carbons (Fsp3) is 0.133. The molecule has 0 aliphatic rings. The number of nitro groups is 1. The first-order chi connectivity index (χ1) is 11.0. The van der Waals surface area contributed by atoms with E-state index >= 15 is 0 Å². The molecule has 1 N–H and O–H groups in total. The average Bonchev–Trinajstić information content (AvgIpc) is 2.54. The van der Waals surface area contributed by atoms with E-state index in [1.54, 1.807) is 18.2 Å². The lowest BCUT2D eigenvalue weighted by Gasteiger charge is -2.07. The van der Waals surface area contributed by atoms with Gasteiger partial charge in [-0.05, 0) is 18.2 Å². The van der Waals surface area contributed by atoms with Crippen LogP contribution in [0.3, 0.4) is 0 Å². The van der Waals surface area contributed by atoms with Gasteiger partial charge in [-0.15, -0.1) is 0 Å². The quantitative estimate of drug-likeness (QED) is 0.510. The van der Waals surface area contributed by atoms with E-state index in [1.807, 2.05) is 0 Å². The van der Waals surface area contributed by atoms with E-state index in [-0.39, 0.29) is 10.6 Å². The number of nitro benzene ring substituents is 1. The van der Waals surface area contributed by atoms with Gasteiger partial charge in [0.1, 0.15) is 0 Å². The Morgan fingerprint density at radius 1 is 1.22 bits per heavy atom. The highest BCUT2D eigenvalue weighted by Gasteiger charge is 2.17. The number of aromatic hydroxyl groups is 1. The van der Waals surface area contributed by atoms with E-state index in [0.717, 1.165) is 6.07 Å². The van der Waals surface area contributed by atoms with Crippen molar-refractivity contribution in [2.24, 2.45) is 4.99 Å². The van der Waals surface area contributed by atoms with Crippen LogP contribution in [0.1, 0.15) is 5.56 Å². The van der Waals surface area contributed by atoms with Crippen molar-refractivity contribution in [3.8, 4) is 17.2 Å². The van der Waals surface area contributed by atoms with Crippen molar-refractivity contribution in [2.45, 2.75) is 0 Å². The van der Waals surface area contributed by atoms with E-state index < -0.39 is 16.4 Å². The van der Waals surface area contributed by atoms with Gasteiger partial charge < -0.3 is 14.6 Å². The van der Waals surface area contributed by atoms with Crippen molar-refractivity contribution in [3.05, 3.63) is 51.0 Å². The van der Waals surface area contributed by atoms with Crippen molar-refractivity contribution in [1.82, 2.24) is 0 Å². The molecule has 0 unspecified atom stereocenters. The normalized spacial score (nSPS) is 10.7. The summed E-state index contributed by atoms with van der Waals surface area (Å²) in [5.74, 6) is 0.541. The van der Waals surface area contributed by atoms with E-state index in [1.165, 1.54) is 26.5 Å². The smallest absolute Gasteiger partial charge is 0.312 e. The van der Waals surface area contributed by atoms with Gasteiger partial charge in [-0.3, -0.25) is 15.1 Å². The number of aliphatic imine (C=N–C) groups is 1. The Hall–Kier alpha value is -2.80. The summed E-state index contributed by atoms with van der Waals surface area (Å²) in [7, 11) is 3.02. The summed E-state index contributed by atoms with van der Waals surface area (Å²) in [5, 5.41) is 20.9. The number of hydrogen-bond acceptors (Lipinski definition) is 6. The molecule has 0 fully saturated rings. The fourth-order valence-electron chi connectivity index (χ4n) is 1.89. The van der Waals surface area contributed by atoms with Crippen molar-refractivity contribution >= 4 is 29.2 Å². The molecule has 0 spiro atoms. The van der Waals surface area contributed by atoms with Crippen molar-refractivity contribution in [3.63, 3.8) is 0 Å². The van der Waals surface area contributed by atoms with Crippen LogP contribution in [-0.4, -0.2) is 30.5 Å². The summed E-state index contributed by atoms with van der Waals surface area (Å²) < 4.78 is 10.3. The Morgan fingerprint density at radius 2 is 1.91 bits per heavy atom. The second-order valence-electron chi connectivity index (χ2n) is 4.42. The number of phenols is 1. The van der Waals surface area contributed by atoms with Gasteiger partial charge in [-0.25, -0.2) is 0 Å². The number of methoxy groups -OCH3 is 2. The predicted octanol–water partition coefficient (Wildman–Crippen LogP) is 3.72. The van der Waals surface area contributed by atoms with Gasteiger partial charge in [0.25, 0.3) is 0 Å². The van der Waals surface area contributed by atoms with Crippen LogP contribution in [0.25, 0.3) is 0 Å². The van der Waals surface area contributed by atoms with Crippen LogP contribution in [0.2, 0.25) is 5.02 Å². The standard InChI is InChI=1S/C15H13ClN2O5/c1-22-13-4-3-11(7-14(13)23-2)17-8-9-5-10(16)6-12(15(9)19)18(20)21/h3-8,19H,1-2H3. The predicted molar refractivity (Wildman–Crippen MR) is 86.6 cm³/mol. The van der Waals surface area contributed by atoms with Gasteiger partial charge in [-0.1, -0.05) is 11.6 Å². The third-order valence-corrected chi connectivity index (χ3v) is 3.22. The lowest BCUT2D eigenvalue weighted by atomic mass is 10.2. The van der Waals surface area contributed by atoms with Gasteiger partial charge in [-0.2, -0.15) is 0 Å². The van der Waals surface area contributed by atoms with Gasteiger partial charge in [0.15, 0.2) is 11.5 Å². The SMILES string of the molecule is COc1ccc(N=Cc2cc(Cl)cc([N+](=O)[O-])c2O)cc1OC. The molecule has 8 heteroatoms. The largest absolute Gasteiger partial charge is 0.502 e. The molecule has 0 radical (unpaired) electrons. The summed E-state index contributed by atoms with van der Waals surface area (Å²) in [4.78, 5) is 14.3. The number of rotatable bonds is 5. The van der Waals surface area contributed by atoms with Crippen molar-refractivity contribution in [1.29, 1.82) is 0 Å². The van der Waals surface area contributed by atoms with Gasteiger partial charge in [0.2, 0.25) is 5.75 Å². The molecule has 2 rings (SSSR count). The first-order valence-corrected chi connectivity index (χ1v) is 6.77. The van der Waals surface area contributed by atoms with E-state index in [0.29, 0.717) is 17.2 Å². The van der Waals surface area contributed by atoms with Crippen LogP contribution in [-0.2, 0) is 0 Å². The summed E-state index contributed by atoms with van der Waals surface area (Å²) in [6.45, 7) is 0. The highest BCUT2D eigenvalue weighted by molar-refractivity contribution is 6.31. The summed E-state index contributed by atoms with van der Waals surface area (Å²) in [6.07, 6.45) is 1.29. The molecule has 0 heterocycles. The third-order valence-electron chi connectivity index (χ3n) is 3.00. The molecule has 0 saturated heterocycles. The summed E-state index contributed by atoms with van der Waals surface area (Å²) >= 11 is 5.82. The molecule has 0 amide bonds. The van der Waals surface area contributed by atoms with Crippen molar-refractivity contribution in [2.75, 3.05) is 14.2 Å². The fourth-order valence-corrected chi connectivity index (χ4v) is 2.11. The van der Waals surface area contributed by atoms with Crippen LogP contribution >= 0.6 is 11.6 Å². The molecule has 0 saturated carbocycles. The number of halogens is 1.